The predicted molar refractivity (Wildman–Crippen MR) is 118 cm³/mol. The molecule has 0 unspecified atom stereocenters. The molecule has 0 bridgehead atoms. The maximum absolute atomic E-state index is 5.57. The maximum Gasteiger partial charge on any atom is 0.146 e. The van der Waals surface area contributed by atoms with Gasteiger partial charge in [0.2, 0.25) is 0 Å². The second kappa shape index (κ2) is 8.23. The summed E-state index contributed by atoms with van der Waals surface area (Å²) in [6, 6.07) is 8.16. The third-order valence-electron chi connectivity index (χ3n) is 5.05. The van der Waals surface area contributed by atoms with Crippen LogP contribution in [0.25, 0.3) is 20.7 Å². The van der Waals surface area contributed by atoms with Crippen molar-refractivity contribution in [2.45, 2.75) is 13.1 Å². The molecule has 8 heteroatoms. The van der Waals surface area contributed by atoms with Gasteiger partial charge in [-0.25, -0.2) is 9.97 Å². The molecule has 0 amide bonds. The second-order valence-electron chi connectivity index (χ2n) is 7.09. The van der Waals surface area contributed by atoms with Crippen LogP contribution in [0.5, 0.6) is 0 Å². The lowest BCUT2D eigenvalue weighted by atomic mass is 10.2. The van der Waals surface area contributed by atoms with Crippen molar-refractivity contribution in [2.75, 3.05) is 38.3 Å². The number of aromatic nitrogens is 2. The highest BCUT2D eigenvalue weighted by molar-refractivity contribution is 7.18. The van der Waals surface area contributed by atoms with E-state index in [4.69, 9.17) is 19.1 Å². The Hall–Kier alpha value is -2.26. The molecule has 4 aromatic heterocycles. The molecule has 0 aliphatic carbocycles. The van der Waals surface area contributed by atoms with E-state index in [1.54, 1.807) is 28.9 Å². The van der Waals surface area contributed by atoms with Gasteiger partial charge in [-0.15, -0.1) is 22.7 Å². The number of morpholine rings is 1. The standard InChI is InChI=1S/C21H22N4O2S2/c1-24(12-15-4-2-8-27-15)20-19-16(17-5-3-11-28-17)14-29-21(19)23-18(22-20)13-25-6-9-26-10-7-25/h2-5,8,11,14H,6-7,9-10,12-13H2,1H3. The van der Waals surface area contributed by atoms with Crippen LogP contribution in [0.15, 0.2) is 45.7 Å². The average Bonchev–Trinajstić information content (AvgIpc) is 3.49. The molecule has 5 rings (SSSR count). The smallest absolute Gasteiger partial charge is 0.146 e. The molecule has 29 heavy (non-hydrogen) atoms. The average molecular weight is 427 g/mol. The molecule has 0 atom stereocenters. The quantitative estimate of drug-likeness (QED) is 0.453. The van der Waals surface area contributed by atoms with Crippen molar-refractivity contribution < 1.29 is 9.15 Å². The van der Waals surface area contributed by atoms with Crippen LogP contribution in [0.3, 0.4) is 0 Å². The normalized spacial score (nSPS) is 15.2. The van der Waals surface area contributed by atoms with Gasteiger partial charge < -0.3 is 14.1 Å². The molecule has 4 aromatic rings. The van der Waals surface area contributed by atoms with E-state index in [-0.39, 0.29) is 0 Å². The zero-order valence-electron chi connectivity index (χ0n) is 16.2. The Morgan fingerprint density at radius 2 is 2.03 bits per heavy atom. The van der Waals surface area contributed by atoms with Crippen LogP contribution < -0.4 is 4.90 Å². The van der Waals surface area contributed by atoms with E-state index in [1.165, 1.54) is 10.4 Å². The van der Waals surface area contributed by atoms with E-state index in [1.807, 2.05) is 12.1 Å². The molecular formula is C21H22N4O2S2. The van der Waals surface area contributed by atoms with Gasteiger partial charge in [-0.3, -0.25) is 4.90 Å². The molecule has 1 aliphatic heterocycles. The summed E-state index contributed by atoms with van der Waals surface area (Å²) in [7, 11) is 2.07. The van der Waals surface area contributed by atoms with Gasteiger partial charge >= 0.3 is 0 Å². The van der Waals surface area contributed by atoms with Gasteiger partial charge in [0.05, 0.1) is 38.0 Å². The molecular weight excluding hydrogens is 404 g/mol. The van der Waals surface area contributed by atoms with Crippen LogP contribution in [-0.4, -0.2) is 48.2 Å². The Kier molecular flexibility index (Phi) is 5.32. The van der Waals surface area contributed by atoms with Crippen molar-refractivity contribution in [3.05, 3.63) is 52.9 Å². The molecule has 0 saturated carbocycles. The van der Waals surface area contributed by atoms with Gasteiger partial charge in [0.15, 0.2) is 0 Å². The summed E-state index contributed by atoms with van der Waals surface area (Å²) >= 11 is 3.44. The number of fused-ring (bicyclic) bond motifs is 1. The fourth-order valence-corrected chi connectivity index (χ4v) is 5.37. The lowest BCUT2D eigenvalue weighted by molar-refractivity contribution is 0.0331. The van der Waals surface area contributed by atoms with Gasteiger partial charge in [-0.05, 0) is 23.6 Å². The summed E-state index contributed by atoms with van der Waals surface area (Å²) in [5.74, 6) is 2.74. The third-order valence-corrected chi connectivity index (χ3v) is 6.83. The fourth-order valence-electron chi connectivity index (χ4n) is 3.60. The minimum absolute atomic E-state index is 0.663. The van der Waals surface area contributed by atoms with Crippen LogP contribution in [0.2, 0.25) is 0 Å². The third kappa shape index (κ3) is 3.93. The molecule has 1 aliphatic rings. The fraction of sp³-hybridized carbons (Fsp3) is 0.333. The van der Waals surface area contributed by atoms with E-state index in [0.717, 1.165) is 60.5 Å². The Labute approximate surface area is 177 Å². The van der Waals surface area contributed by atoms with Crippen LogP contribution in [-0.2, 0) is 17.8 Å². The van der Waals surface area contributed by atoms with Gasteiger partial charge in [-0.1, -0.05) is 6.07 Å². The first-order valence-corrected chi connectivity index (χ1v) is 11.4. The Morgan fingerprint density at radius 1 is 1.14 bits per heavy atom. The summed E-state index contributed by atoms with van der Waals surface area (Å²) in [6.45, 7) is 4.79. The number of rotatable bonds is 6. The van der Waals surface area contributed by atoms with Gasteiger partial charge in [0, 0.05) is 36.0 Å². The van der Waals surface area contributed by atoms with Crippen molar-refractivity contribution in [1.29, 1.82) is 0 Å². The number of furan rings is 1. The highest BCUT2D eigenvalue weighted by Gasteiger charge is 2.21. The summed E-state index contributed by atoms with van der Waals surface area (Å²) in [5, 5.41) is 5.43. The van der Waals surface area contributed by atoms with Crippen molar-refractivity contribution in [3.8, 4) is 10.4 Å². The summed E-state index contributed by atoms with van der Waals surface area (Å²) < 4.78 is 11.0. The number of thiophene rings is 2. The molecule has 6 nitrogen and oxygen atoms in total. The van der Waals surface area contributed by atoms with E-state index in [2.05, 4.69) is 39.7 Å². The minimum atomic E-state index is 0.663. The molecule has 0 radical (unpaired) electrons. The first kappa shape index (κ1) is 18.7. The van der Waals surface area contributed by atoms with E-state index < -0.39 is 0 Å². The van der Waals surface area contributed by atoms with Gasteiger partial charge in [0.25, 0.3) is 0 Å². The molecule has 0 spiro atoms. The maximum atomic E-state index is 5.57. The zero-order chi connectivity index (χ0) is 19.6. The lowest BCUT2D eigenvalue weighted by Crippen LogP contribution is -2.36. The highest BCUT2D eigenvalue weighted by Crippen LogP contribution is 2.40. The Balaban J connectivity index is 1.56. The van der Waals surface area contributed by atoms with Crippen molar-refractivity contribution >= 4 is 38.7 Å². The van der Waals surface area contributed by atoms with Crippen LogP contribution in [0.1, 0.15) is 11.6 Å². The van der Waals surface area contributed by atoms with E-state index in [0.29, 0.717) is 6.54 Å². The molecule has 0 aromatic carbocycles. The van der Waals surface area contributed by atoms with Crippen LogP contribution in [0.4, 0.5) is 5.82 Å². The molecule has 1 fully saturated rings. The first-order chi connectivity index (χ1) is 14.3. The zero-order valence-corrected chi connectivity index (χ0v) is 17.8. The largest absolute Gasteiger partial charge is 0.467 e. The summed E-state index contributed by atoms with van der Waals surface area (Å²) in [6.07, 6.45) is 1.71. The number of nitrogens with zero attached hydrogens (tertiary/aromatic N) is 4. The van der Waals surface area contributed by atoms with Crippen molar-refractivity contribution in [2.24, 2.45) is 0 Å². The molecule has 150 valence electrons. The van der Waals surface area contributed by atoms with Crippen LogP contribution >= 0.6 is 22.7 Å². The second-order valence-corrected chi connectivity index (χ2v) is 8.90. The SMILES string of the molecule is CN(Cc1ccco1)c1nc(CN2CCOCC2)nc2scc(-c3cccs3)c12. The highest BCUT2D eigenvalue weighted by atomic mass is 32.1. The van der Waals surface area contributed by atoms with E-state index >= 15 is 0 Å². The first-order valence-electron chi connectivity index (χ1n) is 9.63. The van der Waals surface area contributed by atoms with Gasteiger partial charge in [0.1, 0.15) is 22.2 Å². The van der Waals surface area contributed by atoms with E-state index in [9.17, 15) is 0 Å². The Bertz CT molecular complexity index is 1070. The van der Waals surface area contributed by atoms with Crippen LogP contribution in [0, 0.1) is 0 Å². The number of hydrogen-bond donors (Lipinski definition) is 0. The molecule has 0 N–H and O–H groups in total. The number of anilines is 1. The Morgan fingerprint density at radius 3 is 2.79 bits per heavy atom. The molecule has 5 heterocycles. The lowest BCUT2D eigenvalue weighted by Gasteiger charge is -2.26. The topological polar surface area (TPSA) is 54.6 Å². The number of ether oxygens (including phenoxy) is 1. The number of hydrogen-bond acceptors (Lipinski definition) is 8. The predicted octanol–water partition coefficient (Wildman–Crippen LogP) is 4.48. The minimum Gasteiger partial charge on any atom is -0.467 e. The van der Waals surface area contributed by atoms with Crippen molar-refractivity contribution in [1.82, 2.24) is 14.9 Å². The molecule has 1 saturated heterocycles. The monoisotopic (exact) mass is 426 g/mol. The van der Waals surface area contributed by atoms with Crippen molar-refractivity contribution in [3.63, 3.8) is 0 Å². The summed E-state index contributed by atoms with van der Waals surface area (Å²) in [4.78, 5) is 16.7. The van der Waals surface area contributed by atoms with Gasteiger partial charge in [-0.2, -0.15) is 0 Å². The summed E-state index contributed by atoms with van der Waals surface area (Å²) in [5.41, 5.74) is 1.21.